The van der Waals surface area contributed by atoms with Gasteiger partial charge in [0, 0.05) is 24.2 Å². The molecular weight excluding hydrogens is 667 g/mol. The van der Waals surface area contributed by atoms with E-state index in [0.717, 1.165) is 58.7 Å². The topological polar surface area (TPSA) is 62.9 Å². The molecule has 2 unspecified atom stereocenters. The molecule has 0 saturated heterocycles. The monoisotopic (exact) mass is 758 g/mol. The average molecular weight is 758 g/mol. The summed E-state index contributed by atoms with van der Waals surface area (Å²) in [5.74, 6) is 6.93. The highest BCUT2D eigenvalue weighted by molar-refractivity contribution is 5.41. The van der Waals surface area contributed by atoms with Crippen molar-refractivity contribution in [1.82, 2.24) is 0 Å². The van der Waals surface area contributed by atoms with Crippen LogP contribution in [0.4, 0.5) is 0 Å². The number of nitrogens with two attached hydrogens (primary N) is 1. The molecule has 0 spiro atoms. The van der Waals surface area contributed by atoms with E-state index < -0.39 is 0 Å². The van der Waals surface area contributed by atoms with Crippen molar-refractivity contribution in [3.05, 3.63) is 47.5 Å². The van der Waals surface area contributed by atoms with Crippen molar-refractivity contribution in [2.45, 2.75) is 180 Å². The van der Waals surface area contributed by atoms with Crippen LogP contribution < -0.4 is 24.7 Å². The third-order valence-electron chi connectivity index (χ3n) is 9.79. The molecule has 0 aliphatic heterocycles. The summed E-state index contributed by atoms with van der Waals surface area (Å²) in [4.78, 5) is 0. The summed E-state index contributed by atoms with van der Waals surface area (Å²) in [5, 5.41) is 0. The minimum atomic E-state index is 0.479. The Morgan fingerprint density at radius 2 is 0.852 bits per heavy atom. The maximum Gasteiger partial charge on any atom is 0.127 e. The van der Waals surface area contributed by atoms with Gasteiger partial charge in [-0.15, -0.1) is 0 Å². The molecule has 0 fully saturated rings. The lowest BCUT2D eigenvalue weighted by Crippen LogP contribution is -2.06. The van der Waals surface area contributed by atoms with Crippen molar-refractivity contribution < 1.29 is 18.9 Å². The predicted octanol–water partition coefficient (Wildman–Crippen LogP) is 14.8. The van der Waals surface area contributed by atoms with Gasteiger partial charge in [-0.2, -0.15) is 0 Å². The van der Waals surface area contributed by atoms with E-state index in [1.165, 1.54) is 82.6 Å². The van der Waals surface area contributed by atoms with Gasteiger partial charge in [-0.1, -0.05) is 166 Å². The second-order valence-electron chi connectivity index (χ2n) is 18.7. The van der Waals surface area contributed by atoms with Gasteiger partial charge >= 0.3 is 0 Å². The smallest absolute Gasteiger partial charge is 0.127 e. The maximum atomic E-state index is 5.50. The van der Waals surface area contributed by atoms with Gasteiger partial charge in [-0.3, -0.25) is 0 Å². The van der Waals surface area contributed by atoms with E-state index in [9.17, 15) is 0 Å². The SMILES string of the molecule is CC(C)CCCC(C)CCCC(C)(C)C.CC(C)CCCC(C)CCCC(C)(C)C.CCc1ccc(OC)cc1OC.COc1ccc(CN)c(OC)c1. The second kappa shape index (κ2) is 30.8. The zero-order valence-electron chi connectivity index (χ0n) is 38.9. The van der Waals surface area contributed by atoms with Crippen molar-refractivity contribution in [2.24, 2.45) is 40.2 Å². The van der Waals surface area contributed by atoms with Crippen LogP contribution in [0.1, 0.15) is 178 Å². The van der Waals surface area contributed by atoms with E-state index in [1.54, 1.807) is 28.4 Å². The lowest BCUT2D eigenvalue weighted by atomic mass is 9.87. The summed E-state index contributed by atoms with van der Waals surface area (Å²) < 4.78 is 20.4. The van der Waals surface area contributed by atoms with E-state index in [2.05, 4.69) is 90.0 Å². The Kier molecular flexibility index (Phi) is 30.6. The van der Waals surface area contributed by atoms with E-state index in [-0.39, 0.29) is 0 Å². The van der Waals surface area contributed by atoms with Crippen LogP contribution in [-0.2, 0) is 13.0 Å². The third-order valence-corrected chi connectivity index (χ3v) is 9.79. The molecule has 2 rings (SSSR count). The Hall–Kier alpha value is -2.40. The first kappa shape index (κ1) is 53.7. The van der Waals surface area contributed by atoms with Gasteiger partial charge in [0.2, 0.25) is 0 Å². The Balaban J connectivity index is 0. The molecule has 2 aromatic carbocycles. The van der Waals surface area contributed by atoms with Crippen LogP contribution >= 0.6 is 0 Å². The molecular formula is C49H91NO4. The number of methoxy groups -OCH3 is 4. The first-order valence-corrected chi connectivity index (χ1v) is 21.4. The highest BCUT2D eigenvalue weighted by Gasteiger charge is 2.12. The minimum Gasteiger partial charge on any atom is -0.497 e. The molecule has 0 aromatic heterocycles. The fraction of sp³-hybridized carbons (Fsp3) is 0.755. The number of rotatable bonds is 20. The summed E-state index contributed by atoms with van der Waals surface area (Å²) in [6.07, 6.45) is 17.9. The number of hydrogen-bond donors (Lipinski definition) is 1. The van der Waals surface area contributed by atoms with Crippen molar-refractivity contribution in [2.75, 3.05) is 28.4 Å². The standard InChI is InChI=1S/2C15H32.C10H14O2.C9H13NO2/c2*1-13(2)9-7-10-14(3)11-8-12-15(4,5)6;1-4-8-5-6-9(11-2)7-10(8)12-3;1-11-8-4-3-7(6-10)9(5-8)12-2/h2*13-14H,7-12H2,1-6H3;5-7H,4H2,1-3H3;3-5H,6,10H2,1-2H3. The quantitative estimate of drug-likeness (QED) is 0.146. The highest BCUT2D eigenvalue weighted by atomic mass is 16.5. The number of ether oxygens (including phenoxy) is 4. The molecule has 0 amide bonds. The molecule has 54 heavy (non-hydrogen) atoms. The van der Waals surface area contributed by atoms with E-state index in [0.29, 0.717) is 17.4 Å². The van der Waals surface area contributed by atoms with Gasteiger partial charge in [-0.25, -0.2) is 0 Å². The van der Waals surface area contributed by atoms with Crippen LogP contribution in [0.2, 0.25) is 0 Å². The van der Waals surface area contributed by atoms with Crippen LogP contribution in [0, 0.1) is 34.5 Å². The number of hydrogen-bond acceptors (Lipinski definition) is 5. The van der Waals surface area contributed by atoms with E-state index in [1.807, 2.05) is 36.4 Å². The van der Waals surface area contributed by atoms with Crippen LogP contribution in [0.25, 0.3) is 0 Å². The lowest BCUT2D eigenvalue weighted by Gasteiger charge is -2.19. The summed E-state index contributed by atoms with van der Waals surface area (Å²) in [7, 11) is 6.57. The molecule has 0 heterocycles. The normalized spacial score (nSPS) is 12.4. The molecule has 5 nitrogen and oxygen atoms in total. The number of aryl methyl sites for hydroxylation is 1. The summed E-state index contributed by atoms with van der Waals surface area (Å²) >= 11 is 0. The molecule has 316 valence electrons. The highest BCUT2D eigenvalue weighted by Crippen LogP contribution is 2.27. The molecule has 0 saturated carbocycles. The van der Waals surface area contributed by atoms with Crippen molar-refractivity contribution >= 4 is 0 Å². The predicted molar refractivity (Wildman–Crippen MR) is 239 cm³/mol. The second-order valence-corrected chi connectivity index (χ2v) is 18.7. The maximum absolute atomic E-state index is 5.50. The molecule has 0 radical (unpaired) electrons. The summed E-state index contributed by atoms with van der Waals surface area (Å²) in [6.45, 7) is 30.8. The summed E-state index contributed by atoms with van der Waals surface area (Å²) in [5.41, 5.74) is 8.74. The molecule has 5 heteroatoms. The van der Waals surface area contributed by atoms with Gasteiger partial charge in [0.1, 0.15) is 23.0 Å². The summed E-state index contributed by atoms with van der Waals surface area (Å²) in [6, 6.07) is 11.5. The third kappa shape index (κ3) is 30.9. The van der Waals surface area contributed by atoms with Crippen LogP contribution in [0.5, 0.6) is 23.0 Å². The van der Waals surface area contributed by atoms with Crippen LogP contribution in [0.3, 0.4) is 0 Å². The lowest BCUT2D eigenvalue weighted by molar-refractivity contribution is 0.333. The first-order chi connectivity index (χ1) is 25.2. The zero-order chi connectivity index (χ0) is 41.7. The van der Waals surface area contributed by atoms with Crippen molar-refractivity contribution in [3.8, 4) is 23.0 Å². The van der Waals surface area contributed by atoms with Gasteiger partial charge in [0.05, 0.1) is 28.4 Å². The van der Waals surface area contributed by atoms with Gasteiger partial charge < -0.3 is 24.7 Å². The van der Waals surface area contributed by atoms with Crippen LogP contribution in [0.15, 0.2) is 36.4 Å². The Morgan fingerprint density at radius 1 is 0.500 bits per heavy atom. The fourth-order valence-corrected chi connectivity index (χ4v) is 6.16. The Labute approximate surface area is 337 Å². The van der Waals surface area contributed by atoms with Gasteiger partial charge in [0.25, 0.3) is 0 Å². The minimum absolute atomic E-state index is 0.479. The van der Waals surface area contributed by atoms with Gasteiger partial charge in [-0.05, 0) is 71.5 Å². The Bertz CT molecular complexity index is 1070. The zero-order valence-corrected chi connectivity index (χ0v) is 38.9. The Morgan fingerprint density at radius 3 is 1.15 bits per heavy atom. The van der Waals surface area contributed by atoms with Crippen molar-refractivity contribution in [1.29, 1.82) is 0 Å². The number of benzene rings is 2. The molecule has 0 bridgehead atoms. The van der Waals surface area contributed by atoms with Gasteiger partial charge in [0.15, 0.2) is 0 Å². The molecule has 0 aliphatic rings. The molecule has 2 atom stereocenters. The fourth-order valence-electron chi connectivity index (χ4n) is 6.16. The molecule has 2 aromatic rings. The molecule has 2 N–H and O–H groups in total. The largest absolute Gasteiger partial charge is 0.497 e. The molecule has 0 aliphatic carbocycles. The first-order valence-electron chi connectivity index (χ1n) is 21.4. The van der Waals surface area contributed by atoms with Crippen molar-refractivity contribution in [3.63, 3.8) is 0 Å². The van der Waals surface area contributed by atoms with E-state index >= 15 is 0 Å². The average Bonchev–Trinajstić information content (AvgIpc) is 3.10. The van der Waals surface area contributed by atoms with Crippen LogP contribution in [-0.4, -0.2) is 28.4 Å². The van der Waals surface area contributed by atoms with E-state index in [4.69, 9.17) is 24.7 Å².